The minimum absolute atomic E-state index is 0.909. The highest BCUT2D eigenvalue weighted by Gasteiger charge is 2.32. The van der Waals surface area contributed by atoms with Crippen molar-refractivity contribution in [3.63, 3.8) is 0 Å². The van der Waals surface area contributed by atoms with Crippen LogP contribution in [0.3, 0.4) is 0 Å². The highest BCUT2D eigenvalue weighted by molar-refractivity contribution is 4.83. The smallest absolute Gasteiger partial charge is 0.0386 e. The molecule has 0 radical (unpaired) electrons. The fraction of sp³-hybridized carbons (Fsp3) is 1.00. The lowest BCUT2D eigenvalue weighted by Crippen LogP contribution is -2.30. The van der Waals surface area contributed by atoms with Crippen LogP contribution in [0.4, 0.5) is 0 Å². The second-order valence-corrected chi connectivity index (χ2v) is 14.5. The monoisotopic (exact) mass is 463 g/mol. The molecule has 0 aliphatic heterocycles. The van der Waals surface area contributed by atoms with Gasteiger partial charge < -0.3 is 0 Å². The van der Waals surface area contributed by atoms with Crippen LogP contribution in [0.15, 0.2) is 0 Å². The maximum atomic E-state index is 2.38. The molecule has 0 saturated heterocycles. The van der Waals surface area contributed by atoms with Crippen LogP contribution in [-0.2, 0) is 0 Å². The molecule has 0 bridgehead atoms. The lowest BCUT2D eigenvalue weighted by atomic mass is 9.65. The molecule has 3 aliphatic rings. The maximum absolute atomic E-state index is 2.38. The van der Waals surface area contributed by atoms with Crippen molar-refractivity contribution >= 4 is 0 Å². The van der Waals surface area contributed by atoms with Crippen LogP contribution in [0.25, 0.3) is 0 Å². The summed E-state index contributed by atoms with van der Waals surface area (Å²) in [5.41, 5.74) is 0. The molecule has 0 N–H and O–H groups in total. The Kier molecular flexibility index (Phi) is 14.3. The molecule has 0 amide bonds. The maximum Gasteiger partial charge on any atom is -0.0386 e. The fourth-order valence-corrected chi connectivity index (χ4v) is 6.54. The molecule has 3 fully saturated rings. The molecule has 0 aromatic heterocycles. The molecule has 4 unspecified atom stereocenters. The minimum Gasteiger partial charge on any atom is -0.0625 e. The standard InChI is InChI=1S/C12H24.C11H22.C10H20/c1-9(2)11-6-5-7-12(8-11)10(3)4;1-8(2)10-5-6-11(7-10)9(3)4;1-7(2)9-5-10(6-9)8(3)4/h9-12H,5-8H2,1-4H3;8-11H,5-7H2,1-4H3;7-10H,5-6H2,1-4H3. The van der Waals surface area contributed by atoms with Crippen molar-refractivity contribution in [3.05, 3.63) is 0 Å². The van der Waals surface area contributed by atoms with E-state index >= 15 is 0 Å². The van der Waals surface area contributed by atoms with E-state index in [0.717, 1.165) is 71.0 Å². The van der Waals surface area contributed by atoms with Crippen molar-refractivity contribution in [1.82, 2.24) is 0 Å². The summed E-state index contributed by atoms with van der Waals surface area (Å²) in [4.78, 5) is 0. The zero-order valence-corrected chi connectivity index (χ0v) is 25.3. The molecule has 3 rings (SSSR count). The van der Waals surface area contributed by atoms with Gasteiger partial charge in [0.25, 0.3) is 0 Å². The Balaban J connectivity index is 0.000000249. The summed E-state index contributed by atoms with van der Waals surface area (Å²) >= 11 is 0. The van der Waals surface area contributed by atoms with Gasteiger partial charge in [-0.2, -0.15) is 0 Å². The fourth-order valence-electron chi connectivity index (χ4n) is 6.54. The van der Waals surface area contributed by atoms with Gasteiger partial charge in [0.2, 0.25) is 0 Å². The number of rotatable bonds is 6. The van der Waals surface area contributed by atoms with Crippen LogP contribution in [0.2, 0.25) is 0 Å². The summed E-state index contributed by atoms with van der Waals surface area (Å²) in [5, 5.41) is 0. The number of hydrogen-bond donors (Lipinski definition) is 0. The van der Waals surface area contributed by atoms with Gasteiger partial charge in [0.05, 0.1) is 0 Å². The Morgan fingerprint density at radius 3 is 0.727 bits per heavy atom. The molecule has 4 atom stereocenters. The van der Waals surface area contributed by atoms with Crippen molar-refractivity contribution in [1.29, 1.82) is 0 Å². The third-order valence-electron chi connectivity index (χ3n) is 10.1. The molecule has 3 aliphatic carbocycles. The summed E-state index contributed by atoms with van der Waals surface area (Å²) in [5.74, 6) is 11.7. The van der Waals surface area contributed by atoms with Crippen LogP contribution in [0, 0.1) is 71.0 Å². The van der Waals surface area contributed by atoms with Gasteiger partial charge in [-0.05, 0) is 110 Å². The summed E-state index contributed by atoms with van der Waals surface area (Å²) in [7, 11) is 0. The summed E-state index contributed by atoms with van der Waals surface area (Å²) in [6.07, 6.45) is 13.4. The Hall–Kier alpha value is 0. The van der Waals surface area contributed by atoms with E-state index in [4.69, 9.17) is 0 Å². The summed E-state index contributed by atoms with van der Waals surface area (Å²) in [6.45, 7) is 28.4. The summed E-state index contributed by atoms with van der Waals surface area (Å²) < 4.78 is 0. The van der Waals surface area contributed by atoms with E-state index < -0.39 is 0 Å². The Labute approximate surface area is 211 Å². The van der Waals surface area contributed by atoms with E-state index in [1.54, 1.807) is 0 Å². The molecule has 0 aromatic rings. The SMILES string of the molecule is CC(C)C1CC(C(C)C)C1.CC(C)C1CCC(C(C)C)C1.CC(C)C1CCCC(C(C)C)C1. The Morgan fingerprint density at radius 2 is 0.515 bits per heavy atom. The Bertz CT molecular complexity index is 436. The topological polar surface area (TPSA) is 0 Å². The van der Waals surface area contributed by atoms with Gasteiger partial charge in [-0.1, -0.05) is 102 Å². The first-order chi connectivity index (χ1) is 15.3. The van der Waals surface area contributed by atoms with Crippen LogP contribution < -0.4 is 0 Å². The lowest BCUT2D eigenvalue weighted by Gasteiger charge is -2.40. The molecule has 3 saturated carbocycles. The Morgan fingerprint density at radius 1 is 0.303 bits per heavy atom. The first-order valence-electron chi connectivity index (χ1n) is 15.3. The first kappa shape index (κ1) is 31.0. The predicted molar refractivity (Wildman–Crippen MR) is 152 cm³/mol. The van der Waals surface area contributed by atoms with Gasteiger partial charge in [-0.25, -0.2) is 0 Å². The van der Waals surface area contributed by atoms with E-state index in [-0.39, 0.29) is 0 Å². The zero-order chi connectivity index (χ0) is 25.3. The minimum atomic E-state index is 0.909. The second-order valence-electron chi connectivity index (χ2n) is 14.5. The quantitative estimate of drug-likeness (QED) is 0.368. The largest absolute Gasteiger partial charge is 0.0625 e. The molecule has 198 valence electrons. The van der Waals surface area contributed by atoms with Crippen molar-refractivity contribution in [3.8, 4) is 0 Å². The second kappa shape index (κ2) is 15.2. The molecule has 33 heavy (non-hydrogen) atoms. The molecule has 0 heteroatoms. The number of hydrogen-bond acceptors (Lipinski definition) is 0. The first-order valence-corrected chi connectivity index (χ1v) is 15.3. The molecule has 0 nitrogen and oxygen atoms in total. The van der Waals surface area contributed by atoms with Gasteiger partial charge in [-0.3, -0.25) is 0 Å². The van der Waals surface area contributed by atoms with E-state index in [0.29, 0.717) is 0 Å². The average molecular weight is 463 g/mol. The van der Waals surface area contributed by atoms with Crippen molar-refractivity contribution in [2.75, 3.05) is 0 Å². The third kappa shape index (κ3) is 11.1. The predicted octanol–water partition coefficient (Wildman–Crippen LogP) is 11.1. The van der Waals surface area contributed by atoms with Crippen molar-refractivity contribution in [2.45, 2.75) is 141 Å². The van der Waals surface area contributed by atoms with E-state index in [2.05, 4.69) is 83.1 Å². The van der Waals surface area contributed by atoms with E-state index in [1.165, 1.54) is 57.8 Å². The van der Waals surface area contributed by atoms with Gasteiger partial charge in [-0.15, -0.1) is 0 Å². The van der Waals surface area contributed by atoms with Crippen LogP contribution in [0.1, 0.15) is 141 Å². The van der Waals surface area contributed by atoms with Crippen molar-refractivity contribution in [2.24, 2.45) is 71.0 Å². The summed E-state index contributed by atoms with van der Waals surface area (Å²) in [6, 6.07) is 0. The van der Waals surface area contributed by atoms with E-state index in [1.807, 2.05) is 0 Å². The normalized spacial score (nSPS) is 32.2. The third-order valence-corrected chi connectivity index (χ3v) is 10.1. The molecule has 0 aromatic carbocycles. The highest BCUT2D eigenvalue weighted by atomic mass is 14.4. The van der Waals surface area contributed by atoms with E-state index in [9.17, 15) is 0 Å². The van der Waals surface area contributed by atoms with Crippen LogP contribution in [-0.4, -0.2) is 0 Å². The lowest BCUT2D eigenvalue weighted by molar-refractivity contribution is 0.102. The van der Waals surface area contributed by atoms with Gasteiger partial charge in [0, 0.05) is 0 Å². The molecule has 0 spiro atoms. The van der Waals surface area contributed by atoms with Crippen molar-refractivity contribution < 1.29 is 0 Å². The highest BCUT2D eigenvalue weighted by Crippen LogP contribution is 2.42. The van der Waals surface area contributed by atoms with Crippen LogP contribution >= 0.6 is 0 Å². The molecular weight excluding hydrogens is 396 g/mol. The molecule has 0 heterocycles. The zero-order valence-electron chi connectivity index (χ0n) is 25.3. The van der Waals surface area contributed by atoms with Gasteiger partial charge >= 0.3 is 0 Å². The van der Waals surface area contributed by atoms with Gasteiger partial charge in [0.15, 0.2) is 0 Å². The average Bonchev–Trinajstić information content (AvgIpc) is 3.18. The van der Waals surface area contributed by atoms with Crippen LogP contribution in [0.5, 0.6) is 0 Å². The molecular formula is C33H66. The van der Waals surface area contributed by atoms with Gasteiger partial charge in [0.1, 0.15) is 0 Å².